The Bertz CT molecular complexity index is 785. The molecule has 0 aliphatic rings. The van der Waals surface area contributed by atoms with E-state index in [1.54, 1.807) is 18.3 Å². The third kappa shape index (κ3) is 3.27. The van der Waals surface area contributed by atoms with Gasteiger partial charge >= 0.3 is 0 Å². The van der Waals surface area contributed by atoms with Gasteiger partial charge in [-0.25, -0.2) is 9.37 Å². The van der Waals surface area contributed by atoms with E-state index in [0.29, 0.717) is 17.1 Å². The quantitative estimate of drug-likeness (QED) is 0.554. The monoisotopic (exact) mass is 412 g/mol. The number of benzene rings is 2. The molecule has 0 fully saturated rings. The average Bonchev–Trinajstić information content (AvgIpc) is 2.90. The predicted octanol–water partition coefficient (Wildman–Crippen LogP) is 5.00. The fourth-order valence-corrected chi connectivity index (χ4v) is 2.86. The van der Waals surface area contributed by atoms with Gasteiger partial charge in [0.15, 0.2) is 0 Å². The van der Waals surface area contributed by atoms with Crippen LogP contribution in [0.15, 0.2) is 54.9 Å². The molecule has 0 bridgehead atoms. The third-order valence-corrected chi connectivity index (χ3v) is 4.06. The van der Waals surface area contributed by atoms with Crippen LogP contribution in [-0.2, 0) is 6.54 Å². The predicted molar refractivity (Wildman–Crippen MR) is 90.9 cm³/mol. The van der Waals surface area contributed by atoms with E-state index in [0.717, 1.165) is 15.0 Å². The maximum atomic E-state index is 13.9. The van der Waals surface area contributed by atoms with Crippen molar-refractivity contribution < 1.29 is 4.39 Å². The zero-order valence-electron chi connectivity index (χ0n) is 10.9. The Kier molecular flexibility index (Phi) is 4.26. The Balaban J connectivity index is 1.96. The van der Waals surface area contributed by atoms with Crippen LogP contribution in [0.3, 0.4) is 0 Å². The summed E-state index contributed by atoms with van der Waals surface area (Å²) < 4.78 is 17.0. The van der Waals surface area contributed by atoms with E-state index >= 15 is 0 Å². The number of halogens is 3. The van der Waals surface area contributed by atoms with Gasteiger partial charge in [0, 0.05) is 32.1 Å². The van der Waals surface area contributed by atoms with Crippen molar-refractivity contribution in [3.8, 4) is 11.4 Å². The molecule has 0 atom stereocenters. The van der Waals surface area contributed by atoms with Crippen LogP contribution in [0.4, 0.5) is 4.39 Å². The van der Waals surface area contributed by atoms with Crippen LogP contribution in [0.25, 0.3) is 11.4 Å². The number of rotatable bonds is 3. The molecule has 1 heterocycles. The molecule has 0 unspecified atom stereocenters. The lowest BCUT2D eigenvalue weighted by molar-refractivity contribution is 0.600. The maximum absolute atomic E-state index is 13.9. The number of aromatic nitrogens is 2. The molecule has 3 rings (SSSR count). The Morgan fingerprint density at radius 2 is 2.05 bits per heavy atom. The molecule has 2 aromatic carbocycles. The Hall–Kier alpha value is -1.40. The lowest BCUT2D eigenvalue weighted by Gasteiger charge is -2.09. The molecule has 2 nitrogen and oxygen atoms in total. The third-order valence-electron chi connectivity index (χ3n) is 3.15. The number of hydrogen-bond acceptors (Lipinski definition) is 1. The minimum atomic E-state index is -0.301. The second kappa shape index (κ2) is 6.15. The summed E-state index contributed by atoms with van der Waals surface area (Å²) in [5, 5.41) is 0.403. The fraction of sp³-hybridized carbons (Fsp3) is 0.0625. The van der Waals surface area contributed by atoms with Crippen LogP contribution >= 0.6 is 34.2 Å². The highest BCUT2D eigenvalue weighted by atomic mass is 127. The van der Waals surface area contributed by atoms with Crippen LogP contribution in [0.1, 0.15) is 5.56 Å². The van der Waals surface area contributed by atoms with Crippen molar-refractivity contribution in [2.75, 3.05) is 0 Å². The minimum absolute atomic E-state index is 0.301. The van der Waals surface area contributed by atoms with Gasteiger partial charge in [0.2, 0.25) is 0 Å². The fourth-order valence-electron chi connectivity index (χ4n) is 2.16. The molecule has 0 saturated carbocycles. The van der Waals surface area contributed by atoms with E-state index < -0.39 is 0 Å². The van der Waals surface area contributed by atoms with Crippen molar-refractivity contribution in [1.29, 1.82) is 0 Å². The first-order chi connectivity index (χ1) is 10.1. The topological polar surface area (TPSA) is 17.8 Å². The van der Waals surface area contributed by atoms with E-state index in [1.807, 2.05) is 29.0 Å². The second-order valence-corrected chi connectivity index (χ2v) is 6.31. The molecule has 0 saturated heterocycles. The molecule has 21 heavy (non-hydrogen) atoms. The first-order valence-electron chi connectivity index (χ1n) is 6.34. The standard InChI is InChI=1S/C16H11ClFIN2/c17-13-5-4-12(15(18)9-13)10-21-7-6-20-16(21)11-2-1-3-14(19)8-11/h1-9H,10H2. The lowest BCUT2D eigenvalue weighted by Crippen LogP contribution is -2.03. The van der Waals surface area contributed by atoms with Crippen LogP contribution < -0.4 is 0 Å². The van der Waals surface area contributed by atoms with Crippen molar-refractivity contribution in [1.82, 2.24) is 9.55 Å². The van der Waals surface area contributed by atoms with E-state index in [9.17, 15) is 4.39 Å². The van der Waals surface area contributed by atoms with Crippen LogP contribution in [-0.4, -0.2) is 9.55 Å². The summed E-state index contributed by atoms with van der Waals surface area (Å²) in [6, 6.07) is 12.8. The van der Waals surface area contributed by atoms with E-state index in [1.165, 1.54) is 6.07 Å². The zero-order valence-corrected chi connectivity index (χ0v) is 13.8. The van der Waals surface area contributed by atoms with Gasteiger partial charge in [0.1, 0.15) is 11.6 Å². The van der Waals surface area contributed by atoms with Crippen molar-refractivity contribution in [3.05, 3.63) is 74.8 Å². The van der Waals surface area contributed by atoms with E-state index in [4.69, 9.17) is 11.6 Å². The Labute approximate surface area is 140 Å². The zero-order chi connectivity index (χ0) is 14.8. The first-order valence-corrected chi connectivity index (χ1v) is 7.80. The summed E-state index contributed by atoms with van der Waals surface area (Å²) in [4.78, 5) is 4.38. The Morgan fingerprint density at radius 1 is 1.19 bits per heavy atom. The van der Waals surface area contributed by atoms with Gasteiger partial charge in [-0.15, -0.1) is 0 Å². The van der Waals surface area contributed by atoms with Gasteiger partial charge in [-0.2, -0.15) is 0 Å². The van der Waals surface area contributed by atoms with E-state index in [-0.39, 0.29) is 5.82 Å². The van der Waals surface area contributed by atoms with Crippen molar-refractivity contribution in [3.63, 3.8) is 0 Å². The smallest absolute Gasteiger partial charge is 0.140 e. The maximum Gasteiger partial charge on any atom is 0.140 e. The van der Waals surface area contributed by atoms with Gasteiger partial charge < -0.3 is 4.57 Å². The molecule has 0 radical (unpaired) electrons. The van der Waals surface area contributed by atoms with Crippen molar-refractivity contribution in [2.45, 2.75) is 6.54 Å². The van der Waals surface area contributed by atoms with Crippen molar-refractivity contribution in [2.24, 2.45) is 0 Å². The summed E-state index contributed by atoms with van der Waals surface area (Å²) in [6.45, 7) is 0.420. The number of nitrogens with zero attached hydrogens (tertiary/aromatic N) is 2. The first kappa shape index (κ1) is 14.5. The lowest BCUT2D eigenvalue weighted by atomic mass is 10.2. The molecule has 106 valence electrons. The Morgan fingerprint density at radius 3 is 2.81 bits per heavy atom. The summed E-state index contributed by atoms with van der Waals surface area (Å²) in [5.74, 6) is 0.521. The summed E-state index contributed by atoms with van der Waals surface area (Å²) >= 11 is 8.05. The highest BCUT2D eigenvalue weighted by molar-refractivity contribution is 14.1. The van der Waals surface area contributed by atoms with Gasteiger partial charge in [-0.05, 0) is 46.9 Å². The highest BCUT2D eigenvalue weighted by Crippen LogP contribution is 2.22. The molecular formula is C16H11ClFIN2. The number of hydrogen-bond donors (Lipinski definition) is 0. The molecule has 0 spiro atoms. The van der Waals surface area contributed by atoms with Gasteiger partial charge in [-0.1, -0.05) is 29.8 Å². The molecule has 1 aromatic heterocycles. The van der Waals surface area contributed by atoms with Crippen LogP contribution in [0.5, 0.6) is 0 Å². The van der Waals surface area contributed by atoms with E-state index in [2.05, 4.69) is 33.6 Å². The SMILES string of the molecule is Fc1cc(Cl)ccc1Cn1ccnc1-c1cccc(I)c1. The molecule has 0 aliphatic carbocycles. The normalized spacial score (nSPS) is 10.8. The van der Waals surface area contributed by atoms with Crippen LogP contribution in [0.2, 0.25) is 5.02 Å². The molecular weight excluding hydrogens is 402 g/mol. The van der Waals surface area contributed by atoms with Crippen molar-refractivity contribution >= 4 is 34.2 Å². The average molecular weight is 413 g/mol. The highest BCUT2D eigenvalue weighted by Gasteiger charge is 2.09. The minimum Gasteiger partial charge on any atom is -0.326 e. The largest absolute Gasteiger partial charge is 0.326 e. The summed E-state index contributed by atoms with van der Waals surface area (Å²) in [5.41, 5.74) is 1.60. The van der Waals surface area contributed by atoms with Crippen LogP contribution in [0, 0.1) is 9.39 Å². The molecule has 0 aliphatic heterocycles. The number of imidazole rings is 1. The molecule has 5 heteroatoms. The molecule has 3 aromatic rings. The summed E-state index contributed by atoms with van der Waals surface area (Å²) in [6.07, 6.45) is 3.58. The molecule has 0 N–H and O–H groups in total. The summed E-state index contributed by atoms with van der Waals surface area (Å²) in [7, 11) is 0. The molecule has 0 amide bonds. The second-order valence-electron chi connectivity index (χ2n) is 4.62. The van der Waals surface area contributed by atoms with Gasteiger partial charge in [0.25, 0.3) is 0 Å². The van der Waals surface area contributed by atoms with Gasteiger partial charge in [-0.3, -0.25) is 0 Å². The van der Waals surface area contributed by atoms with Gasteiger partial charge in [0.05, 0.1) is 6.54 Å².